The average molecular weight is 402 g/mol. The van der Waals surface area contributed by atoms with Gasteiger partial charge in [-0.2, -0.15) is 13.2 Å². The first-order valence-corrected chi connectivity index (χ1v) is 7.68. The highest BCUT2D eigenvalue weighted by Crippen LogP contribution is 2.25. The third kappa shape index (κ3) is 6.66. The van der Waals surface area contributed by atoms with Gasteiger partial charge in [0, 0.05) is 38.6 Å². The van der Waals surface area contributed by atoms with Crippen LogP contribution in [-0.2, 0) is 4.79 Å². The fourth-order valence-electron chi connectivity index (χ4n) is 2.70. The van der Waals surface area contributed by atoms with Crippen molar-refractivity contribution >= 4 is 30.7 Å². The van der Waals surface area contributed by atoms with Gasteiger partial charge in [-0.1, -0.05) is 30.3 Å². The van der Waals surface area contributed by atoms with E-state index in [1.165, 1.54) is 4.90 Å². The number of alkyl halides is 3. The lowest BCUT2D eigenvalue weighted by atomic mass is 10.0. The van der Waals surface area contributed by atoms with E-state index in [2.05, 4.69) is 0 Å². The van der Waals surface area contributed by atoms with E-state index < -0.39 is 18.3 Å². The summed E-state index contributed by atoms with van der Waals surface area (Å²) >= 11 is 0. The lowest BCUT2D eigenvalue weighted by molar-refractivity contribution is -0.183. The minimum atomic E-state index is -4.23. The Morgan fingerprint density at radius 2 is 1.64 bits per heavy atom. The summed E-state index contributed by atoms with van der Waals surface area (Å²) in [5.74, 6) is -0.110. The number of halogens is 5. The quantitative estimate of drug-likeness (QED) is 0.843. The smallest absolute Gasteiger partial charge is 0.340 e. The van der Waals surface area contributed by atoms with E-state index in [-0.39, 0.29) is 50.2 Å². The van der Waals surface area contributed by atoms with Crippen LogP contribution < -0.4 is 5.73 Å². The molecule has 1 aromatic carbocycles. The minimum Gasteiger partial charge on any atom is -0.340 e. The van der Waals surface area contributed by atoms with Gasteiger partial charge in [-0.05, 0) is 12.5 Å². The van der Waals surface area contributed by atoms with E-state index >= 15 is 0 Å². The zero-order valence-corrected chi connectivity index (χ0v) is 15.5. The van der Waals surface area contributed by atoms with Gasteiger partial charge in [-0.3, -0.25) is 9.69 Å². The van der Waals surface area contributed by atoms with Crippen molar-refractivity contribution in [3.05, 3.63) is 35.9 Å². The Kier molecular flexibility index (Phi) is 9.79. The number of hydrogen-bond donors (Lipinski definition) is 1. The molecule has 1 heterocycles. The Morgan fingerprint density at radius 1 is 1.12 bits per heavy atom. The van der Waals surface area contributed by atoms with Crippen molar-refractivity contribution in [2.45, 2.75) is 31.6 Å². The summed E-state index contributed by atoms with van der Waals surface area (Å²) in [7, 11) is 0. The molecule has 9 heteroatoms. The second-order valence-electron chi connectivity index (χ2n) is 5.86. The number of benzene rings is 1. The highest BCUT2D eigenvalue weighted by Gasteiger charge is 2.41. The summed E-state index contributed by atoms with van der Waals surface area (Å²) in [6.45, 7) is 2.23. The Labute approximate surface area is 158 Å². The number of hydrogen-bond acceptors (Lipinski definition) is 3. The first-order chi connectivity index (χ1) is 10.8. The van der Waals surface area contributed by atoms with E-state index in [9.17, 15) is 18.0 Å². The molecule has 4 nitrogen and oxygen atoms in total. The predicted molar refractivity (Wildman–Crippen MR) is 96.2 cm³/mol. The maximum atomic E-state index is 12.7. The van der Waals surface area contributed by atoms with Crippen LogP contribution in [0.15, 0.2) is 30.3 Å². The molecule has 0 spiro atoms. The van der Waals surface area contributed by atoms with Crippen molar-refractivity contribution in [3.63, 3.8) is 0 Å². The monoisotopic (exact) mass is 401 g/mol. The molecule has 2 rings (SSSR count). The van der Waals surface area contributed by atoms with Crippen LogP contribution in [0.25, 0.3) is 0 Å². The zero-order valence-electron chi connectivity index (χ0n) is 13.9. The van der Waals surface area contributed by atoms with E-state index in [0.717, 1.165) is 12.5 Å². The van der Waals surface area contributed by atoms with Gasteiger partial charge in [0.15, 0.2) is 0 Å². The van der Waals surface area contributed by atoms with Crippen LogP contribution in [0.2, 0.25) is 0 Å². The van der Waals surface area contributed by atoms with Gasteiger partial charge in [0.25, 0.3) is 0 Å². The molecule has 1 aliphatic heterocycles. The number of rotatable bonds is 4. The maximum absolute atomic E-state index is 12.7. The molecule has 2 atom stereocenters. The van der Waals surface area contributed by atoms with Crippen molar-refractivity contribution < 1.29 is 18.0 Å². The van der Waals surface area contributed by atoms with Crippen molar-refractivity contribution in [3.8, 4) is 0 Å². The third-order valence-corrected chi connectivity index (χ3v) is 4.31. The largest absolute Gasteiger partial charge is 0.403 e. The molecule has 144 valence electrons. The fourth-order valence-corrected chi connectivity index (χ4v) is 2.70. The maximum Gasteiger partial charge on any atom is 0.403 e. The van der Waals surface area contributed by atoms with Crippen LogP contribution in [0.3, 0.4) is 0 Å². The predicted octanol–water partition coefficient (Wildman–Crippen LogP) is 3.02. The second kappa shape index (κ2) is 10.2. The van der Waals surface area contributed by atoms with Crippen LogP contribution in [0.1, 0.15) is 24.9 Å². The highest BCUT2D eigenvalue weighted by atomic mass is 35.5. The molecule has 0 bridgehead atoms. The van der Waals surface area contributed by atoms with Gasteiger partial charge in [-0.15, -0.1) is 24.8 Å². The lowest BCUT2D eigenvalue weighted by Crippen LogP contribution is -2.55. The summed E-state index contributed by atoms with van der Waals surface area (Å²) in [4.78, 5) is 15.2. The average Bonchev–Trinajstić information content (AvgIpc) is 2.54. The van der Waals surface area contributed by atoms with Crippen molar-refractivity contribution in [1.29, 1.82) is 0 Å². The first kappa shape index (κ1) is 24.0. The summed E-state index contributed by atoms with van der Waals surface area (Å²) in [6.07, 6.45) is -4.07. The Balaban J connectivity index is 0.00000288. The zero-order chi connectivity index (χ0) is 17.0. The molecule has 2 N–H and O–H groups in total. The van der Waals surface area contributed by atoms with Crippen molar-refractivity contribution in [2.75, 3.05) is 26.2 Å². The fraction of sp³-hybridized carbons (Fsp3) is 0.562. The van der Waals surface area contributed by atoms with E-state index in [0.29, 0.717) is 13.1 Å². The normalized spacial score (nSPS) is 17.9. The van der Waals surface area contributed by atoms with Gasteiger partial charge in [-0.25, -0.2) is 0 Å². The number of piperazine rings is 1. The SMILES string of the molecule is CC(N1CCN(C(=O)CC(N)c2ccccc2)CC1)C(F)(F)F.Cl.Cl. The van der Waals surface area contributed by atoms with Crippen LogP contribution in [0.4, 0.5) is 13.2 Å². The van der Waals surface area contributed by atoms with Crippen LogP contribution in [-0.4, -0.2) is 54.1 Å². The summed E-state index contributed by atoms with van der Waals surface area (Å²) in [6, 6.07) is 7.44. The standard InChI is InChI=1S/C16H22F3N3O.2ClH/c1-12(16(17,18)19)21-7-9-22(10-8-21)15(23)11-14(20)13-5-3-2-4-6-13;;/h2-6,12,14H,7-11,20H2,1H3;2*1H. The molecule has 0 radical (unpaired) electrons. The molecule has 1 saturated heterocycles. The minimum absolute atomic E-state index is 0. The molecule has 1 amide bonds. The molecule has 0 aliphatic carbocycles. The summed E-state index contributed by atoms with van der Waals surface area (Å²) in [5, 5.41) is 0. The van der Waals surface area contributed by atoms with Gasteiger partial charge >= 0.3 is 6.18 Å². The van der Waals surface area contributed by atoms with Crippen LogP contribution >= 0.6 is 24.8 Å². The Hall–Kier alpha value is -1.02. The number of carbonyl (C=O) groups is 1. The molecule has 1 fully saturated rings. The molecule has 0 aromatic heterocycles. The number of nitrogens with zero attached hydrogens (tertiary/aromatic N) is 2. The summed E-state index contributed by atoms with van der Waals surface area (Å²) < 4.78 is 38.1. The van der Waals surface area contributed by atoms with E-state index in [1.54, 1.807) is 4.90 Å². The topological polar surface area (TPSA) is 49.6 Å². The molecule has 1 aromatic rings. The highest BCUT2D eigenvalue weighted by molar-refractivity contribution is 5.85. The van der Waals surface area contributed by atoms with E-state index in [1.807, 2.05) is 30.3 Å². The van der Waals surface area contributed by atoms with Crippen molar-refractivity contribution in [2.24, 2.45) is 5.73 Å². The Morgan fingerprint density at radius 3 is 2.12 bits per heavy atom. The molecule has 0 saturated carbocycles. The summed E-state index contributed by atoms with van der Waals surface area (Å²) in [5.41, 5.74) is 6.91. The number of amides is 1. The van der Waals surface area contributed by atoms with Gasteiger partial charge in [0.05, 0.1) is 0 Å². The first-order valence-electron chi connectivity index (χ1n) is 7.68. The molecule has 25 heavy (non-hydrogen) atoms. The Bertz CT molecular complexity index is 523. The van der Waals surface area contributed by atoms with E-state index in [4.69, 9.17) is 5.73 Å². The van der Waals surface area contributed by atoms with Crippen molar-refractivity contribution in [1.82, 2.24) is 9.80 Å². The molecule has 2 unspecified atom stereocenters. The molecular formula is C16H24Cl2F3N3O. The van der Waals surface area contributed by atoms with Gasteiger partial charge in [0.2, 0.25) is 5.91 Å². The number of nitrogens with two attached hydrogens (primary N) is 1. The molecular weight excluding hydrogens is 378 g/mol. The van der Waals surface area contributed by atoms with Crippen LogP contribution in [0.5, 0.6) is 0 Å². The second-order valence-corrected chi connectivity index (χ2v) is 5.86. The van der Waals surface area contributed by atoms with Crippen LogP contribution in [0, 0.1) is 0 Å². The molecule has 1 aliphatic rings. The van der Waals surface area contributed by atoms with Gasteiger partial charge in [0.1, 0.15) is 6.04 Å². The third-order valence-electron chi connectivity index (χ3n) is 4.31. The lowest BCUT2D eigenvalue weighted by Gasteiger charge is -2.38. The number of carbonyl (C=O) groups excluding carboxylic acids is 1. The van der Waals surface area contributed by atoms with Gasteiger partial charge < -0.3 is 10.6 Å².